The van der Waals surface area contributed by atoms with Crippen molar-refractivity contribution in [3.05, 3.63) is 36.4 Å². The topological polar surface area (TPSA) is 98.7 Å². The molecule has 10 heteroatoms. The van der Waals surface area contributed by atoms with Crippen LogP contribution in [0.1, 0.15) is 10.4 Å². The first-order valence-corrected chi connectivity index (χ1v) is 9.32. The van der Waals surface area contributed by atoms with Crippen LogP contribution in [-0.4, -0.2) is 94.4 Å². The minimum atomic E-state index is -0.0943. The Morgan fingerprint density at radius 3 is 1.86 bits per heavy atom. The van der Waals surface area contributed by atoms with E-state index in [0.29, 0.717) is 37.7 Å². The number of aromatic nitrogens is 4. The van der Waals surface area contributed by atoms with E-state index >= 15 is 0 Å². The van der Waals surface area contributed by atoms with Crippen molar-refractivity contribution >= 4 is 24.2 Å². The van der Waals surface area contributed by atoms with Crippen molar-refractivity contribution < 1.29 is 9.59 Å². The molecule has 2 amide bonds. The van der Waals surface area contributed by atoms with Gasteiger partial charge in [0.2, 0.25) is 18.3 Å². The maximum Gasteiger partial charge on any atom is 0.257 e. The Morgan fingerprint density at radius 2 is 1.32 bits per heavy atom. The zero-order valence-electron chi connectivity index (χ0n) is 15.5. The number of rotatable bonds is 4. The van der Waals surface area contributed by atoms with Crippen molar-refractivity contribution in [3.8, 4) is 0 Å². The molecule has 4 rings (SSSR count). The van der Waals surface area contributed by atoms with Crippen molar-refractivity contribution in [1.29, 1.82) is 0 Å². The maximum absolute atomic E-state index is 12.6. The second-order valence-corrected chi connectivity index (χ2v) is 6.73. The summed E-state index contributed by atoms with van der Waals surface area (Å²) in [7, 11) is 0. The van der Waals surface area contributed by atoms with Gasteiger partial charge >= 0.3 is 0 Å². The number of hydrogen-bond donors (Lipinski definition) is 0. The van der Waals surface area contributed by atoms with Crippen molar-refractivity contribution in [2.45, 2.75) is 0 Å². The Labute approximate surface area is 162 Å². The lowest BCUT2D eigenvalue weighted by molar-refractivity contribution is -0.119. The van der Waals surface area contributed by atoms with Crippen molar-refractivity contribution in [2.24, 2.45) is 0 Å². The van der Waals surface area contributed by atoms with Gasteiger partial charge in [0.15, 0.2) is 0 Å². The van der Waals surface area contributed by atoms with Crippen molar-refractivity contribution in [2.75, 3.05) is 62.2 Å². The van der Waals surface area contributed by atoms with Crippen LogP contribution in [-0.2, 0) is 4.79 Å². The summed E-state index contributed by atoms with van der Waals surface area (Å²) in [6, 6.07) is 1.80. The highest BCUT2D eigenvalue weighted by Crippen LogP contribution is 2.15. The minimum absolute atomic E-state index is 0.0943. The van der Waals surface area contributed by atoms with Crippen LogP contribution in [0.5, 0.6) is 0 Å². The Hall–Kier alpha value is -3.30. The highest BCUT2D eigenvalue weighted by atomic mass is 16.2. The molecule has 0 atom stereocenters. The molecule has 10 nitrogen and oxygen atoms in total. The Balaban J connectivity index is 1.34. The van der Waals surface area contributed by atoms with Crippen molar-refractivity contribution in [1.82, 2.24) is 29.7 Å². The molecule has 0 bridgehead atoms. The maximum atomic E-state index is 12.6. The summed E-state index contributed by atoms with van der Waals surface area (Å²) in [5, 5.41) is 0. The molecule has 2 aliphatic rings. The van der Waals surface area contributed by atoms with Crippen LogP contribution in [0.15, 0.2) is 30.9 Å². The van der Waals surface area contributed by atoms with E-state index in [-0.39, 0.29) is 5.91 Å². The Morgan fingerprint density at radius 1 is 0.786 bits per heavy atom. The molecule has 2 aromatic heterocycles. The van der Waals surface area contributed by atoms with Crippen LogP contribution in [0.2, 0.25) is 0 Å². The SMILES string of the molecule is O=CN1CCN(C(=O)c2cnc(N3CCN(c4ncccn4)CC3)nc2)CC1. The van der Waals surface area contributed by atoms with Gasteiger partial charge in [-0.3, -0.25) is 9.59 Å². The smallest absolute Gasteiger partial charge is 0.257 e. The highest BCUT2D eigenvalue weighted by Gasteiger charge is 2.23. The number of amides is 2. The second kappa shape index (κ2) is 8.15. The van der Waals surface area contributed by atoms with Crippen LogP contribution in [0.4, 0.5) is 11.9 Å². The summed E-state index contributed by atoms with van der Waals surface area (Å²) in [5.74, 6) is 1.26. The van der Waals surface area contributed by atoms with Gasteiger partial charge in [-0.25, -0.2) is 19.9 Å². The Kier molecular flexibility index (Phi) is 5.27. The van der Waals surface area contributed by atoms with E-state index in [0.717, 1.165) is 38.5 Å². The molecular formula is C18H22N8O2. The summed E-state index contributed by atoms with van der Waals surface area (Å²) in [5.41, 5.74) is 0.472. The molecule has 0 saturated carbocycles. The molecule has 28 heavy (non-hydrogen) atoms. The molecule has 0 radical (unpaired) electrons. The van der Waals surface area contributed by atoms with Gasteiger partial charge in [0.1, 0.15) is 0 Å². The summed E-state index contributed by atoms with van der Waals surface area (Å²) in [6.45, 7) is 5.28. The summed E-state index contributed by atoms with van der Waals surface area (Å²) in [6.07, 6.45) is 7.48. The standard InChI is InChI=1S/C18H22N8O2/c27-14-23-4-6-24(7-5-23)16(28)15-12-21-18(22-13-15)26-10-8-25(9-11-26)17-19-2-1-3-20-17/h1-3,12-14H,4-11H2. The van der Waals surface area contributed by atoms with Gasteiger partial charge in [0.25, 0.3) is 5.91 Å². The molecule has 146 valence electrons. The molecule has 2 aliphatic heterocycles. The first-order chi connectivity index (χ1) is 13.7. The summed E-state index contributed by atoms with van der Waals surface area (Å²) >= 11 is 0. The van der Waals surface area contributed by atoms with Gasteiger partial charge in [-0.1, -0.05) is 0 Å². The third-order valence-corrected chi connectivity index (χ3v) is 5.03. The monoisotopic (exact) mass is 382 g/mol. The third kappa shape index (κ3) is 3.85. The van der Waals surface area contributed by atoms with Crippen LogP contribution in [0.3, 0.4) is 0 Å². The van der Waals surface area contributed by atoms with E-state index in [9.17, 15) is 9.59 Å². The van der Waals surface area contributed by atoms with E-state index in [2.05, 4.69) is 29.7 Å². The van der Waals surface area contributed by atoms with Crippen molar-refractivity contribution in [3.63, 3.8) is 0 Å². The average Bonchev–Trinajstić information content (AvgIpc) is 2.79. The first-order valence-electron chi connectivity index (χ1n) is 9.32. The Bertz CT molecular complexity index is 800. The molecule has 2 saturated heterocycles. The van der Waals surface area contributed by atoms with Crippen LogP contribution in [0, 0.1) is 0 Å². The molecule has 0 aromatic carbocycles. The van der Waals surface area contributed by atoms with E-state index < -0.39 is 0 Å². The predicted octanol–water partition coefficient (Wildman–Crippen LogP) is -0.493. The molecule has 2 fully saturated rings. The fraction of sp³-hybridized carbons (Fsp3) is 0.444. The van der Waals surface area contributed by atoms with Gasteiger partial charge in [0.05, 0.1) is 5.56 Å². The molecule has 0 spiro atoms. The largest absolute Gasteiger partial charge is 0.342 e. The third-order valence-electron chi connectivity index (χ3n) is 5.03. The zero-order chi connectivity index (χ0) is 19.3. The molecule has 0 N–H and O–H groups in total. The lowest BCUT2D eigenvalue weighted by Crippen LogP contribution is -2.48. The lowest BCUT2D eigenvalue weighted by Gasteiger charge is -2.34. The number of carbonyl (C=O) groups is 2. The second-order valence-electron chi connectivity index (χ2n) is 6.73. The number of hydrogen-bond acceptors (Lipinski definition) is 8. The molecule has 0 unspecified atom stereocenters. The number of piperazine rings is 2. The summed E-state index contributed by atoms with van der Waals surface area (Å²) < 4.78 is 0. The lowest BCUT2D eigenvalue weighted by atomic mass is 10.2. The van der Waals surface area contributed by atoms with Gasteiger partial charge in [0, 0.05) is 77.1 Å². The van der Waals surface area contributed by atoms with E-state index in [1.54, 1.807) is 40.7 Å². The zero-order valence-corrected chi connectivity index (χ0v) is 15.5. The van der Waals surface area contributed by atoms with Gasteiger partial charge in [-0.15, -0.1) is 0 Å². The fourth-order valence-electron chi connectivity index (χ4n) is 3.37. The van der Waals surface area contributed by atoms with Crippen LogP contribution < -0.4 is 9.80 Å². The molecule has 0 aliphatic carbocycles. The first kappa shape index (κ1) is 18.1. The van der Waals surface area contributed by atoms with Gasteiger partial charge in [-0.05, 0) is 6.07 Å². The fourth-order valence-corrected chi connectivity index (χ4v) is 3.37. The molecule has 4 heterocycles. The summed E-state index contributed by atoms with van der Waals surface area (Å²) in [4.78, 5) is 48.4. The minimum Gasteiger partial charge on any atom is -0.342 e. The van der Waals surface area contributed by atoms with E-state index in [1.165, 1.54) is 0 Å². The quantitative estimate of drug-likeness (QED) is 0.653. The normalized spacial score (nSPS) is 17.6. The van der Waals surface area contributed by atoms with E-state index in [1.807, 2.05) is 0 Å². The molecule has 2 aromatic rings. The number of anilines is 2. The predicted molar refractivity (Wildman–Crippen MR) is 102 cm³/mol. The average molecular weight is 382 g/mol. The van der Waals surface area contributed by atoms with Gasteiger partial charge < -0.3 is 19.6 Å². The molecular weight excluding hydrogens is 360 g/mol. The van der Waals surface area contributed by atoms with E-state index in [4.69, 9.17) is 0 Å². The van der Waals surface area contributed by atoms with Crippen LogP contribution >= 0.6 is 0 Å². The van der Waals surface area contributed by atoms with Crippen LogP contribution in [0.25, 0.3) is 0 Å². The number of nitrogens with zero attached hydrogens (tertiary/aromatic N) is 8. The highest BCUT2D eigenvalue weighted by molar-refractivity contribution is 5.93. The number of carbonyl (C=O) groups excluding carboxylic acids is 2. The van der Waals surface area contributed by atoms with Gasteiger partial charge in [-0.2, -0.15) is 0 Å².